The molecule has 0 bridgehead atoms. The normalized spacial score (nSPS) is 11.1. The van der Waals surface area contributed by atoms with Crippen LogP contribution in [0.5, 0.6) is 0 Å². The molecular weight excluding hydrogens is 332 g/mol. The van der Waals surface area contributed by atoms with Gasteiger partial charge in [0.25, 0.3) is 0 Å². The first-order valence-electron chi connectivity index (χ1n) is 7.65. The van der Waals surface area contributed by atoms with Crippen molar-refractivity contribution in [3.05, 3.63) is 34.0 Å². The maximum Gasteiger partial charge on any atom is 0.225 e. The standard InChI is InChI=1S/C17H25ClN2O2S/c1-5-11-20(12-13-8-9-14(18)23-13)15(21)7-6-10-19-16(22)17(2,3)4/h5,8-9H,1,6-7,10-12H2,2-4H3,(H,19,22). The number of rotatable bonds is 8. The minimum atomic E-state index is -0.405. The second kappa shape index (κ2) is 9.08. The van der Waals surface area contributed by atoms with Gasteiger partial charge in [0.1, 0.15) is 0 Å². The van der Waals surface area contributed by atoms with Crippen LogP contribution < -0.4 is 5.32 Å². The van der Waals surface area contributed by atoms with Crippen LogP contribution in [0.1, 0.15) is 38.5 Å². The first-order chi connectivity index (χ1) is 10.7. The van der Waals surface area contributed by atoms with Gasteiger partial charge in [-0.05, 0) is 18.6 Å². The number of nitrogens with one attached hydrogen (secondary N) is 1. The van der Waals surface area contributed by atoms with Crippen LogP contribution in [0.25, 0.3) is 0 Å². The van der Waals surface area contributed by atoms with Crippen LogP contribution in [0.3, 0.4) is 0 Å². The number of carbonyl (C=O) groups is 2. The summed E-state index contributed by atoms with van der Waals surface area (Å²) in [4.78, 5) is 26.9. The van der Waals surface area contributed by atoms with E-state index in [1.54, 1.807) is 11.0 Å². The molecule has 0 saturated heterocycles. The van der Waals surface area contributed by atoms with E-state index in [-0.39, 0.29) is 11.8 Å². The quantitative estimate of drug-likeness (QED) is 0.568. The van der Waals surface area contributed by atoms with Gasteiger partial charge in [0.2, 0.25) is 11.8 Å². The maximum atomic E-state index is 12.3. The molecular formula is C17H25ClN2O2S. The van der Waals surface area contributed by atoms with E-state index in [1.165, 1.54) is 11.3 Å². The number of amides is 2. The van der Waals surface area contributed by atoms with E-state index in [0.717, 1.165) is 9.21 Å². The fourth-order valence-corrected chi connectivity index (χ4v) is 3.00. The van der Waals surface area contributed by atoms with E-state index in [2.05, 4.69) is 11.9 Å². The smallest absolute Gasteiger partial charge is 0.225 e. The first kappa shape index (κ1) is 19.7. The van der Waals surface area contributed by atoms with E-state index in [0.29, 0.717) is 32.5 Å². The highest BCUT2D eigenvalue weighted by Gasteiger charge is 2.20. The first-order valence-corrected chi connectivity index (χ1v) is 8.84. The maximum absolute atomic E-state index is 12.3. The van der Waals surface area contributed by atoms with E-state index < -0.39 is 5.41 Å². The zero-order chi connectivity index (χ0) is 17.5. The minimum Gasteiger partial charge on any atom is -0.356 e. The third kappa shape index (κ3) is 7.18. The molecule has 0 saturated carbocycles. The number of halogens is 1. The molecule has 0 radical (unpaired) electrons. The summed E-state index contributed by atoms with van der Waals surface area (Å²) in [6, 6.07) is 3.76. The molecule has 1 N–H and O–H groups in total. The predicted molar refractivity (Wildman–Crippen MR) is 96.6 cm³/mol. The van der Waals surface area contributed by atoms with Gasteiger partial charge in [-0.15, -0.1) is 17.9 Å². The molecule has 0 atom stereocenters. The molecule has 2 amide bonds. The van der Waals surface area contributed by atoms with Crippen molar-refractivity contribution in [2.75, 3.05) is 13.1 Å². The number of thiophene rings is 1. The molecule has 0 aliphatic rings. The molecule has 1 rings (SSSR count). The number of hydrogen-bond acceptors (Lipinski definition) is 3. The molecule has 4 nitrogen and oxygen atoms in total. The molecule has 0 spiro atoms. The van der Waals surface area contributed by atoms with Crippen molar-refractivity contribution < 1.29 is 9.59 Å². The van der Waals surface area contributed by atoms with Crippen LogP contribution in [0.4, 0.5) is 0 Å². The average molecular weight is 357 g/mol. The van der Waals surface area contributed by atoms with Crippen LogP contribution in [0, 0.1) is 5.41 Å². The van der Waals surface area contributed by atoms with Gasteiger partial charge in [-0.1, -0.05) is 38.4 Å². The zero-order valence-corrected chi connectivity index (χ0v) is 15.6. The molecule has 23 heavy (non-hydrogen) atoms. The van der Waals surface area contributed by atoms with Gasteiger partial charge in [-0.3, -0.25) is 9.59 Å². The van der Waals surface area contributed by atoms with Crippen molar-refractivity contribution >= 4 is 34.8 Å². The van der Waals surface area contributed by atoms with Gasteiger partial charge in [-0.25, -0.2) is 0 Å². The van der Waals surface area contributed by atoms with Crippen molar-refractivity contribution in [2.45, 2.75) is 40.2 Å². The summed E-state index contributed by atoms with van der Waals surface area (Å²) >= 11 is 7.40. The lowest BCUT2D eigenvalue weighted by Crippen LogP contribution is -2.36. The molecule has 1 heterocycles. The largest absolute Gasteiger partial charge is 0.356 e. The fourth-order valence-electron chi connectivity index (χ4n) is 1.90. The van der Waals surface area contributed by atoms with Crippen molar-refractivity contribution in [3.8, 4) is 0 Å². The third-order valence-electron chi connectivity index (χ3n) is 3.21. The van der Waals surface area contributed by atoms with Gasteiger partial charge in [0.05, 0.1) is 10.9 Å². The molecule has 0 aromatic carbocycles. The van der Waals surface area contributed by atoms with Gasteiger partial charge in [0, 0.05) is 29.8 Å². The Morgan fingerprint density at radius 2 is 2.09 bits per heavy atom. The highest BCUT2D eigenvalue weighted by atomic mass is 35.5. The Morgan fingerprint density at radius 3 is 2.61 bits per heavy atom. The Morgan fingerprint density at radius 1 is 1.39 bits per heavy atom. The summed E-state index contributed by atoms with van der Waals surface area (Å²) in [7, 11) is 0. The number of hydrogen-bond donors (Lipinski definition) is 1. The topological polar surface area (TPSA) is 49.4 Å². The summed E-state index contributed by atoms with van der Waals surface area (Å²) in [5, 5.41) is 2.86. The highest BCUT2D eigenvalue weighted by molar-refractivity contribution is 7.16. The van der Waals surface area contributed by atoms with Crippen LogP contribution in [0.2, 0.25) is 4.34 Å². The second-order valence-corrected chi connectivity index (χ2v) is 8.18. The highest BCUT2D eigenvalue weighted by Crippen LogP contribution is 2.23. The third-order valence-corrected chi connectivity index (χ3v) is 4.43. The molecule has 0 aliphatic carbocycles. The van der Waals surface area contributed by atoms with Crippen molar-refractivity contribution in [1.29, 1.82) is 0 Å². The van der Waals surface area contributed by atoms with Crippen LogP contribution >= 0.6 is 22.9 Å². The van der Waals surface area contributed by atoms with Crippen LogP contribution in [0.15, 0.2) is 24.8 Å². The Labute approximate surface area is 147 Å². The average Bonchev–Trinajstić information content (AvgIpc) is 2.87. The number of nitrogens with zero attached hydrogens (tertiary/aromatic N) is 1. The zero-order valence-electron chi connectivity index (χ0n) is 14.0. The van der Waals surface area contributed by atoms with Gasteiger partial charge in [-0.2, -0.15) is 0 Å². The van der Waals surface area contributed by atoms with Gasteiger partial charge >= 0.3 is 0 Å². The fraction of sp³-hybridized carbons (Fsp3) is 0.529. The van der Waals surface area contributed by atoms with Crippen molar-refractivity contribution in [1.82, 2.24) is 10.2 Å². The summed E-state index contributed by atoms with van der Waals surface area (Å²) in [5.41, 5.74) is -0.405. The molecule has 1 aromatic rings. The predicted octanol–water partition coefficient (Wildman–Crippen LogP) is 3.86. The molecule has 128 valence electrons. The Bertz CT molecular complexity index is 549. The molecule has 0 aliphatic heterocycles. The SMILES string of the molecule is C=CCN(Cc1ccc(Cl)s1)C(=O)CCCNC(=O)C(C)(C)C. The molecule has 0 fully saturated rings. The Kier molecular flexibility index (Phi) is 7.79. The Balaban J connectivity index is 2.42. The summed E-state index contributed by atoms with van der Waals surface area (Å²) in [5.74, 6) is 0.0561. The Hall–Kier alpha value is -1.33. The second-order valence-electron chi connectivity index (χ2n) is 6.38. The molecule has 1 aromatic heterocycles. The van der Waals surface area contributed by atoms with Gasteiger partial charge < -0.3 is 10.2 Å². The van der Waals surface area contributed by atoms with Crippen molar-refractivity contribution in [3.63, 3.8) is 0 Å². The van der Waals surface area contributed by atoms with Crippen molar-refractivity contribution in [2.24, 2.45) is 5.41 Å². The summed E-state index contributed by atoms with van der Waals surface area (Å²) in [6.07, 6.45) is 2.74. The van der Waals surface area contributed by atoms with E-state index in [1.807, 2.05) is 32.9 Å². The summed E-state index contributed by atoms with van der Waals surface area (Å²) < 4.78 is 0.718. The van der Waals surface area contributed by atoms with Crippen LogP contribution in [-0.4, -0.2) is 29.8 Å². The summed E-state index contributed by atoms with van der Waals surface area (Å²) in [6.45, 7) is 10.9. The lowest BCUT2D eigenvalue weighted by molar-refractivity contribution is -0.132. The number of carbonyl (C=O) groups excluding carboxylic acids is 2. The molecule has 0 unspecified atom stereocenters. The van der Waals surface area contributed by atoms with E-state index >= 15 is 0 Å². The van der Waals surface area contributed by atoms with E-state index in [9.17, 15) is 9.59 Å². The lowest BCUT2D eigenvalue weighted by atomic mass is 9.96. The van der Waals surface area contributed by atoms with Gasteiger partial charge in [0.15, 0.2) is 0 Å². The van der Waals surface area contributed by atoms with Crippen LogP contribution in [-0.2, 0) is 16.1 Å². The monoisotopic (exact) mass is 356 g/mol. The lowest BCUT2D eigenvalue weighted by Gasteiger charge is -2.21. The molecule has 6 heteroatoms. The minimum absolute atomic E-state index is 0.00104. The van der Waals surface area contributed by atoms with E-state index in [4.69, 9.17) is 11.6 Å².